The molecule has 0 bridgehead atoms. The van der Waals surface area contributed by atoms with E-state index in [9.17, 15) is 9.59 Å². The summed E-state index contributed by atoms with van der Waals surface area (Å²) in [5.41, 5.74) is 1.43. The minimum Gasteiger partial charge on any atom is -0.319 e. The smallest absolute Gasteiger partial charge is 0.319 e. The van der Waals surface area contributed by atoms with Gasteiger partial charge in [-0.1, -0.05) is 74.3 Å². The average molecular weight is 405 g/mol. The van der Waals surface area contributed by atoms with Gasteiger partial charge < -0.3 is 5.32 Å². The molecule has 1 fully saturated rings. The van der Waals surface area contributed by atoms with Gasteiger partial charge in [0.05, 0.1) is 6.54 Å². The summed E-state index contributed by atoms with van der Waals surface area (Å²) in [6.45, 7) is 8.28. The summed E-state index contributed by atoms with van der Waals surface area (Å²) >= 11 is 12.2. The zero-order chi connectivity index (χ0) is 20.0. The minimum absolute atomic E-state index is 0.0449. The molecule has 27 heavy (non-hydrogen) atoms. The number of halogens is 2. The van der Waals surface area contributed by atoms with E-state index in [1.54, 1.807) is 25.1 Å². The molecule has 1 saturated heterocycles. The summed E-state index contributed by atoms with van der Waals surface area (Å²) in [7, 11) is 0. The van der Waals surface area contributed by atoms with Crippen LogP contribution in [0.1, 0.15) is 44.4 Å². The van der Waals surface area contributed by atoms with Crippen LogP contribution < -0.4 is 5.32 Å². The van der Waals surface area contributed by atoms with E-state index < -0.39 is 11.6 Å². The molecule has 0 aliphatic carbocycles. The summed E-state index contributed by atoms with van der Waals surface area (Å²) in [6.07, 6.45) is 0. The number of hydrogen-bond donors (Lipinski definition) is 1. The van der Waals surface area contributed by atoms with Gasteiger partial charge in [0.1, 0.15) is 5.54 Å². The Labute approximate surface area is 169 Å². The lowest BCUT2D eigenvalue weighted by Crippen LogP contribution is -2.41. The Morgan fingerprint density at radius 3 is 2.22 bits per heavy atom. The molecule has 0 spiro atoms. The highest BCUT2D eigenvalue weighted by Gasteiger charge is 2.49. The Morgan fingerprint density at radius 1 is 1.04 bits per heavy atom. The predicted octanol–water partition coefficient (Wildman–Crippen LogP) is 5.26. The third kappa shape index (κ3) is 3.69. The molecule has 0 aromatic heterocycles. The highest BCUT2D eigenvalue weighted by Crippen LogP contribution is 2.35. The molecule has 2 aromatic rings. The molecule has 1 heterocycles. The highest BCUT2D eigenvalue weighted by atomic mass is 35.5. The van der Waals surface area contributed by atoms with Crippen LogP contribution in [0.3, 0.4) is 0 Å². The molecule has 1 atom stereocenters. The summed E-state index contributed by atoms with van der Waals surface area (Å²) in [6, 6.07) is 12.4. The van der Waals surface area contributed by atoms with E-state index in [1.807, 2.05) is 24.3 Å². The van der Waals surface area contributed by atoms with Crippen molar-refractivity contribution >= 4 is 35.1 Å². The van der Waals surface area contributed by atoms with Crippen LogP contribution in [0.4, 0.5) is 4.79 Å². The number of imide groups is 1. The molecule has 0 saturated carbocycles. The van der Waals surface area contributed by atoms with E-state index in [-0.39, 0.29) is 17.9 Å². The van der Waals surface area contributed by atoms with Gasteiger partial charge in [-0.2, -0.15) is 0 Å². The van der Waals surface area contributed by atoms with Crippen molar-refractivity contribution < 1.29 is 9.59 Å². The summed E-state index contributed by atoms with van der Waals surface area (Å²) in [5, 5.41) is 3.59. The van der Waals surface area contributed by atoms with Crippen molar-refractivity contribution in [2.24, 2.45) is 0 Å². The Morgan fingerprint density at radius 2 is 1.67 bits per heavy atom. The lowest BCUT2D eigenvalue weighted by Gasteiger charge is -2.23. The van der Waals surface area contributed by atoms with Gasteiger partial charge in [-0.3, -0.25) is 9.69 Å². The second-order valence-corrected chi connectivity index (χ2v) is 8.86. The van der Waals surface area contributed by atoms with Crippen LogP contribution in [0.2, 0.25) is 10.0 Å². The number of benzene rings is 2. The first-order valence-electron chi connectivity index (χ1n) is 8.71. The van der Waals surface area contributed by atoms with E-state index in [0.717, 1.165) is 5.56 Å². The number of urea groups is 1. The third-order valence-corrected chi connectivity index (χ3v) is 5.45. The predicted molar refractivity (Wildman–Crippen MR) is 108 cm³/mol. The van der Waals surface area contributed by atoms with Crippen molar-refractivity contribution in [3.63, 3.8) is 0 Å². The zero-order valence-electron chi connectivity index (χ0n) is 15.8. The molecule has 2 aromatic carbocycles. The standard InChI is InChI=1S/C21H22Cl2N2O2/c1-20(2,3)14-7-5-13(6-8-14)12-25-18(26)21(4,24-19(25)27)16-10-9-15(22)11-17(16)23/h5-11H,12H2,1-4H3,(H,24,27)/t21-/m0/s1. The number of hydrogen-bond acceptors (Lipinski definition) is 2. The Balaban J connectivity index is 1.86. The fraction of sp³-hybridized carbons (Fsp3) is 0.333. The van der Waals surface area contributed by atoms with Crippen molar-refractivity contribution in [3.05, 3.63) is 69.2 Å². The van der Waals surface area contributed by atoms with Gasteiger partial charge in [0, 0.05) is 15.6 Å². The number of nitrogens with one attached hydrogen (secondary N) is 1. The lowest BCUT2D eigenvalue weighted by atomic mass is 9.86. The van der Waals surface area contributed by atoms with Crippen LogP contribution >= 0.6 is 23.2 Å². The molecule has 1 N–H and O–H groups in total. The van der Waals surface area contributed by atoms with Gasteiger partial charge in [0.25, 0.3) is 5.91 Å². The largest absolute Gasteiger partial charge is 0.325 e. The summed E-state index contributed by atoms with van der Waals surface area (Å²) in [4.78, 5) is 26.8. The van der Waals surface area contributed by atoms with E-state index in [1.165, 1.54) is 10.5 Å². The minimum atomic E-state index is -1.22. The maximum atomic E-state index is 13.1. The van der Waals surface area contributed by atoms with Gasteiger partial charge in [0.2, 0.25) is 0 Å². The first kappa shape index (κ1) is 19.7. The highest BCUT2D eigenvalue weighted by molar-refractivity contribution is 6.35. The normalized spacial score (nSPS) is 20.1. The van der Waals surface area contributed by atoms with E-state index in [0.29, 0.717) is 15.6 Å². The number of rotatable bonds is 3. The first-order valence-corrected chi connectivity index (χ1v) is 9.47. The quantitative estimate of drug-likeness (QED) is 0.709. The average Bonchev–Trinajstić information content (AvgIpc) is 2.78. The Hall–Kier alpha value is -2.04. The van der Waals surface area contributed by atoms with Crippen LogP contribution in [0.15, 0.2) is 42.5 Å². The van der Waals surface area contributed by atoms with Crippen molar-refractivity contribution in [2.75, 3.05) is 0 Å². The van der Waals surface area contributed by atoms with E-state index in [4.69, 9.17) is 23.2 Å². The second-order valence-electron chi connectivity index (χ2n) is 8.02. The maximum absolute atomic E-state index is 13.1. The molecule has 0 radical (unpaired) electrons. The fourth-order valence-electron chi connectivity index (χ4n) is 3.21. The molecule has 4 nitrogen and oxygen atoms in total. The fourth-order valence-corrected chi connectivity index (χ4v) is 3.81. The van der Waals surface area contributed by atoms with Gasteiger partial charge in [-0.25, -0.2) is 4.79 Å². The molecule has 3 rings (SSSR count). The van der Waals surface area contributed by atoms with Crippen LogP contribution in [0.5, 0.6) is 0 Å². The van der Waals surface area contributed by atoms with Gasteiger partial charge >= 0.3 is 6.03 Å². The molecule has 142 valence electrons. The van der Waals surface area contributed by atoms with Crippen molar-refractivity contribution in [1.29, 1.82) is 0 Å². The zero-order valence-corrected chi connectivity index (χ0v) is 17.3. The third-order valence-electron chi connectivity index (χ3n) is 4.91. The van der Waals surface area contributed by atoms with Crippen LogP contribution in [-0.2, 0) is 22.3 Å². The molecule has 6 heteroatoms. The van der Waals surface area contributed by atoms with Gasteiger partial charge in [-0.05, 0) is 35.6 Å². The number of amides is 3. The Kier molecular flexibility index (Phi) is 5.00. The van der Waals surface area contributed by atoms with Crippen LogP contribution in [0.25, 0.3) is 0 Å². The molecular formula is C21H22Cl2N2O2. The maximum Gasteiger partial charge on any atom is 0.325 e. The van der Waals surface area contributed by atoms with Gasteiger partial charge in [-0.15, -0.1) is 0 Å². The summed E-state index contributed by atoms with van der Waals surface area (Å²) in [5.74, 6) is -0.336. The molecular weight excluding hydrogens is 383 g/mol. The Bertz CT molecular complexity index is 903. The van der Waals surface area contributed by atoms with E-state index >= 15 is 0 Å². The molecule has 0 unspecified atom stereocenters. The van der Waals surface area contributed by atoms with Crippen LogP contribution in [-0.4, -0.2) is 16.8 Å². The summed E-state index contributed by atoms with van der Waals surface area (Å²) < 4.78 is 0. The number of carbonyl (C=O) groups excluding carboxylic acids is 2. The van der Waals surface area contributed by atoms with Crippen LogP contribution in [0, 0.1) is 0 Å². The number of carbonyl (C=O) groups is 2. The first-order chi connectivity index (χ1) is 12.5. The molecule has 1 aliphatic heterocycles. The molecule has 3 amide bonds. The van der Waals surface area contributed by atoms with Crippen molar-refractivity contribution in [2.45, 2.75) is 45.2 Å². The van der Waals surface area contributed by atoms with Crippen molar-refractivity contribution in [1.82, 2.24) is 10.2 Å². The monoisotopic (exact) mass is 404 g/mol. The SMILES string of the molecule is CC(C)(C)c1ccc(CN2C(=O)N[C@@](C)(c3ccc(Cl)cc3Cl)C2=O)cc1. The number of nitrogens with zero attached hydrogens (tertiary/aromatic N) is 1. The van der Waals surface area contributed by atoms with E-state index in [2.05, 4.69) is 26.1 Å². The van der Waals surface area contributed by atoms with Gasteiger partial charge in [0.15, 0.2) is 0 Å². The molecule has 1 aliphatic rings. The van der Waals surface area contributed by atoms with Crippen molar-refractivity contribution in [3.8, 4) is 0 Å². The topological polar surface area (TPSA) is 49.4 Å². The lowest BCUT2D eigenvalue weighted by molar-refractivity contribution is -0.131. The second kappa shape index (κ2) is 6.84.